The monoisotopic (exact) mass is 290 g/mol. The molecule has 3 atom stereocenters. The van der Waals surface area contributed by atoms with Crippen molar-refractivity contribution in [2.45, 2.75) is 50.4 Å². The van der Waals surface area contributed by atoms with Crippen LogP contribution in [-0.2, 0) is 0 Å². The van der Waals surface area contributed by atoms with Crippen molar-refractivity contribution < 1.29 is 0 Å². The molecular formula is C22H26. The van der Waals surface area contributed by atoms with E-state index in [1.807, 2.05) is 0 Å². The van der Waals surface area contributed by atoms with E-state index in [1.165, 1.54) is 38.5 Å². The van der Waals surface area contributed by atoms with Crippen molar-refractivity contribution >= 4 is 0 Å². The molecular weight excluding hydrogens is 264 g/mol. The molecule has 0 N–H and O–H groups in total. The lowest BCUT2D eigenvalue weighted by atomic mass is 9.73. The molecule has 2 aliphatic rings. The van der Waals surface area contributed by atoms with Crippen LogP contribution < -0.4 is 0 Å². The van der Waals surface area contributed by atoms with E-state index in [-0.39, 0.29) is 0 Å². The van der Waals surface area contributed by atoms with E-state index in [1.54, 1.807) is 11.1 Å². The fraction of sp³-hybridized carbons (Fsp3) is 0.455. The molecule has 2 aliphatic carbocycles. The Bertz CT molecular complexity index is 532. The lowest BCUT2D eigenvalue weighted by Crippen LogP contribution is -2.21. The molecule has 4 rings (SSSR count). The molecule has 0 heterocycles. The minimum Gasteiger partial charge on any atom is -0.0622 e. The van der Waals surface area contributed by atoms with Gasteiger partial charge >= 0.3 is 0 Å². The molecule has 0 aromatic heterocycles. The SMILES string of the molecule is c1ccc(C2CC[C@H](c3ccccc3)C2C2CCCC2)cc1. The third-order valence-electron chi connectivity index (χ3n) is 6.12. The maximum absolute atomic E-state index is 2.36. The number of rotatable bonds is 3. The second kappa shape index (κ2) is 6.28. The predicted octanol–water partition coefficient (Wildman–Crippen LogP) is 6.15. The van der Waals surface area contributed by atoms with E-state index in [2.05, 4.69) is 60.7 Å². The van der Waals surface area contributed by atoms with Gasteiger partial charge in [-0.3, -0.25) is 0 Å². The molecule has 0 aliphatic heterocycles. The van der Waals surface area contributed by atoms with E-state index >= 15 is 0 Å². The van der Waals surface area contributed by atoms with Crippen LogP contribution in [0.15, 0.2) is 60.7 Å². The summed E-state index contributed by atoms with van der Waals surface area (Å²) in [6, 6.07) is 22.6. The van der Waals surface area contributed by atoms with E-state index in [4.69, 9.17) is 0 Å². The smallest absolute Gasteiger partial charge is 0.0125 e. The highest BCUT2D eigenvalue weighted by Gasteiger charge is 2.42. The van der Waals surface area contributed by atoms with Crippen LogP contribution in [0.25, 0.3) is 0 Å². The van der Waals surface area contributed by atoms with Gasteiger partial charge in [-0.2, -0.15) is 0 Å². The Morgan fingerprint density at radius 3 is 1.45 bits per heavy atom. The topological polar surface area (TPSA) is 0 Å². The Balaban J connectivity index is 1.68. The van der Waals surface area contributed by atoms with Crippen molar-refractivity contribution in [3.63, 3.8) is 0 Å². The van der Waals surface area contributed by atoms with Gasteiger partial charge in [0.2, 0.25) is 0 Å². The van der Waals surface area contributed by atoms with Crippen LogP contribution in [0.1, 0.15) is 61.5 Å². The Kier molecular flexibility index (Phi) is 4.01. The van der Waals surface area contributed by atoms with Crippen molar-refractivity contribution in [1.82, 2.24) is 0 Å². The Labute approximate surface area is 134 Å². The van der Waals surface area contributed by atoms with Gasteiger partial charge in [-0.25, -0.2) is 0 Å². The van der Waals surface area contributed by atoms with Gasteiger partial charge in [0.1, 0.15) is 0 Å². The van der Waals surface area contributed by atoms with E-state index < -0.39 is 0 Å². The quantitative estimate of drug-likeness (QED) is 0.635. The molecule has 2 aromatic carbocycles. The molecule has 2 fully saturated rings. The summed E-state index contributed by atoms with van der Waals surface area (Å²) in [5, 5.41) is 0. The van der Waals surface area contributed by atoms with Crippen LogP contribution in [0.5, 0.6) is 0 Å². The van der Waals surface area contributed by atoms with Gasteiger partial charge in [0.05, 0.1) is 0 Å². The molecule has 0 heteroatoms. The molecule has 114 valence electrons. The van der Waals surface area contributed by atoms with Crippen LogP contribution in [0.3, 0.4) is 0 Å². The van der Waals surface area contributed by atoms with Crippen molar-refractivity contribution in [3.8, 4) is 0 Å². The Morgan fingerprint density at radius 2 is 1.00 bits per heavy atom. The maximum Gasteiger partial charge on any atom is -0.0125 e. The minimum absolute atomic E-state index is 0.773. The van der Waals surface area contributed by atoms with Gasteiger partial charge in [-0.15, -0.1) is 0 Å². The fourth-order valence-electron chi connectivity index (χ4n) is 5.20. The van der Waals surface area contributed by atoms with Gasteiger partial charge in [0.15, 0.2) is 0 Å². The van der Waals surface area contributed by atoms with E-state index in [9.17, 15) is 0 Å². The summed E-state index contributed by atoms with van der Waals surface area (Å²) in [5.41, 5.74) is 3.16. The third kappa shape index (κ3) is 2.60. The van der Waals surface area contributed by atoms with Crippen molar-refractivity contribution in [3.05, 3.63) is 71.8 Å². The lowest BCUT2D eigenvalue weighted by molar-refractivity contribution is 0.288. The molecule has 0 nitrogen and oxygen atoms in total. The highest BCUT2D eigenvalue weighted by Crippen LogP contribution is 2.55. The molecule has 0 radical (unpaired) electrons. The fourth-order valence-corrected chi connectivity index (χ4v) is 5.20. The highest BCUT2D eigenvalue weighted by atomic mass is 14.5. The zero-order valence-corrected chi connectivity index (χ0v) is 13.3. The van der Waals surface area contributed by atoms with Crippen LogP contribution in [0.4, 0.5) is 0 Å². The zero-order chi connectivity index (χ0) is 14.8. The van der Waals surface area contributed by atoms with Crippen LogP contribution in [-0.4, -0.2) is 0 Å². The maximum atomic E-state index is 2.36. The summed E-state index contributed by atoms with van der Waals surface area (Å²) in [6.07, 6.45) is 8.54. The summed E-state index contributed by atoms with van der Waals surface area (Å²) in [6.45, 7) is 0. The standard InChI is InChI=1S/C22H26/c1-3-9-17(10-4-1)20-15-16-21(18-11-5-2-6-12-18)22(20)19-13-7-8-14-19/h1-6,9-12,19-22H,7-8,13-16H2/t20-,21?,22?/m1/s1. The zero-order valence-electron chi connectivity index (χ0n) is 13.3. The summed E-state index contributed by atoms with van der Waals surface area (Å²) < 4.78 is 0. The number of hydrogen-bond acceptors (Lipinski definition) is 0. The molecule has 22 heavy (non-hydrogen) atoms. The summed E-state index contributed by atoms with van der Waals surface area (Å²) >= 11 is 0. The average molecular weight is 290 g/mol. The van der Waals surface area contributed by atoms with Gasteiger partial charge in [0, 0.05) is 0 Å². The van der Waals surface area contributed by atoms with E-state index in [0.29, 0.717) is 0 Å². The first-order valence-corrected chi connectivity index (χ1v) is 9.03. The summed E-state index contributed by atoms with van der Waals surface area (Å²) in [7, 11) is 0. The van der Waals surface area contributed by atoms with Gasteiger partial charge in [0.25, 0.3) is 0 Å². The van der Waals surface area contributed by atoms with Crippen LogP contribution >= 0.6 is 0 Å². The molecule has 2 saturated carbocycles. The summed E-state index contributed by atoms with van der Waals surface area (Å²) in [5.74, 6) is 3.34. The molecule has 2 aromatic rings. The predicted molar refractivity (Wildman–Crippen MR) is 93.0 cm³/mol. The first-order valence-electron chi connectivity index (χ1n) is 9.03. The second-order valence-corrected chi connectivity index (χ2v) is 7.23. The normalized spacial score (nSPS) is 29.0. The largest absolute Gasteiger partial charge is 0.0622 e. The first kappa shape index (κ1) is 14.1. The van der Waals surface area contributed by atoms with Crippen molar-refractivity contribution in [1.29, 1.82) is 0 Å². The highest BCUT2D eigenvalue weighted by molar-refractivity contribution is 5.28. The Hall–Kier alpha value is -1.56. The number of benzene rings is 2. The molecule has 0 bridgehead atoms. The molecule has 0 amide bonds. The first-order chi connectivity index (χ1) is 10.9. The van der Waals surface area contributed by atoms with Gasteiger partial charge in [-0.1, -0.05) is 86.3 Å². The van der Waals surface area contributed by atoms with Gasteiger partial charge in [-0.05, 0) is 47.6 Å². The second-order valence-electron chi connectivity index (χ2n) is 7.23. The lowest BCUT2D eigenvalue weighted by Gasteiger charge is -2.31. The van der Waals surface area contributed by atoms with Crippen LogP contribution in [0, 0.1) is 11.8 Å². The Morgan fingerprint density at radius 1 is 0.545 bits per heavy atom. The number of hydrogen-bond donors (Lipinski definition) is 0. The minimum atomic E-state index is 0.773. The molecule has 0 saturated heterocycles. The van der Waals surface area contributed by atoms with Gasteiger partial charge < -0.3 is 0 Å². The van der Waals surface area contributed by atoms with E-state index in [0.717, 1.165) is 23.7 Å². The average Bonchev–Trinajstić information content (AvgIpc) is 3.25. The van der Waals surface area contributed by atoms with Crippen LogP contribution in [0.2, 0.25) is 0 Å². The summed E-state index contributed by atoms with van der Waals surface area (Å²) in [4.78, 5) is 0. The third-order valence-corrected chi connectivity index (χ3v) is 6.12. The molecule has 2 unspecified atom stereocenters. The molecule has 0 spiro atoms. The van der Waals surface area contributed by atoms with Crippen molar-refractivity contribution in [2.24, 2.45) is 11.8 Å². The van der Waals surface area contributed by atoms with Crippen molar-refractivity contribution in [2.75, 3.05) is 0 Å².